The maximum absolute atomic E-state index is 9.22. The molecule has 0 spiro atoms. The molecule has 0 N–H and O–H groups in total. The highest BCUT2D eigenvalue weighted by atomic mass is 28.4. The zero-order valence-electron chi connectivity index (χ0n) is 16.0. The quantitative estimate of drug-likeness (QED) is 0.109. The molecule has 130 valence electrons. The summed E-state index contributed by atoms with van der Waals surface area (Å²) < 4.78 is 5.99. The Morgan fingerprint density at radius 1 is 1.09 bits per heavy atom. The molecular weight excluding hydrogens is 298 g/mol. The second-order valence-corrected chi connectivity index (χ2v) is 12.3. The van der Waals surface area contributed by atoms with Gasteiger partial charge in [-0.05, 0) is 49.2 Å². The minimum absolute atomic E-state index is 0.0975. The van der Waals surface area contributed by atoms with Crippen LogP contribution in [0.15, 0.2) is 29.7 Å². The van der Waals surface area contributed by atoms with Gasteiger partial charge in [-0.2, -0.15) is 5.26 Å². The first-order valence-corrected chi connectivity index (χ1v) is 11.9. The molecule has 0 saturated heterocycles. The molecule has 0 aliphatic rings. The molecule has 0 aromatic heterocycles. The highest BCUT2D eigenvalue weighted by molar-refractivity contribution is 6.74. The lowest BCUT2D eigenvalue weighted by Crippen LogP contribution is -2.40. The molecule has 0 fully saturated rings. The number of hydrogen-bond acceptors (Lipinski definition) is 2. The van der Waals surface area contributed by atoms with Crippen molar-refractivity contribution in [3.8, 4) is 6.07 Å². The summed E-state index contributed by atoms with van der Waals surface area (Å²) in [6.07, 6.45) is 14.5. The van der Waals surface area contributed by atoms with Crippen LogP contribution in [0.3, 0.4) is 0 Å². The van der Waals surface area contributed by atoms with E-state index in [9.17, 15) is 5.26 Å². The fourth-order valence-electron chi connectivity index (χ4n) is 1.82. The van der Waals surface area contributed by atoms with Crippen molar-refractivity contribution in [2.75, 3.05) is 0 Å². The van der Waals surface area contributed by atoms with Crippen LogP contribution in [0.2, 0.25) is 18.1 Å². The summed E-state index contributed by atoms with van der Waals surface area (Å²) >= 11 is 0. The predicted molar refractivity (Wildman–Crippen MR) is 103 cm³/mol. The van der Waals surface area contributed by atoms with Crippen molar-refractivity contribution in [3.63, 3.8) is 0 Å². The Morgan fingerprint density at radius 2 is 1.70 bits per heavy atom. The van der Waals surface area contributed by atoms with Crippen LogP contribution in [0.5, 0.6) is 0 Å². The van der Waals surface area contributed by atoms with E-state index in [0.29, 0.717) is 5.76 Å². The van der Waals surface area contributed by atoms with Crippen LogP contribution in [-0.2, 0) is 4.43 Å². The van der Waals surface area contributed by atoms with Gasteiger partial charge in [-0.3, -0.25) is 0 Å². The lowest BCUT2D eigenvalue weighted by Gasteiger charge is -2.35. The Bertz CT molecular complexity index is 457. The maximum Gasteiger partial charge on any atom is 0.251 e. The first-order chi connectivity index (χ1) is 10.7. The molecule has 0 atom stereocenters. The number of allylic oxidation sites excluding steroid dienone is 3. The SMILES string of the molecule is CCCCCCCCC=C=C/C=C(\C#N)O[Si](C)(C)C(C)(C)C. The summed E-state index contributed by atoms with van der Waals surface area (Å²) in [7, 11) is -1.94. The fraction of sp³-hybridized carbons (Fsp3) is 0.700. The van der Waals surface area contributed by atoms with Gasteiger partial charge in [0.15, 0.2) is 5.76 Å². The van der Waals surface area contributed by atoms with Gasteiger partial charge in [0, 0.05) is 0 Å². The Labute approximate surface area is 145 Å². The van der Waals surface area contributed by atoms with E-state index >= 15 is 0 Å². The molecule has 0 heterocycles. The average Bonchev–Trinajstić information content (AvgIpc) is 2.46. The van der Waals surface area contributed by atoms with E-state index in [1.54, 1.807) is 12.2 Å². The standard InChI is InChI=1S/C20H35NOSi/c1-7-8-9-10-11-12-13-14-15-16-17-19(18-21)22-23(5,6)20(2,3)4/h14,16-17H,7-13H2,1-6H3/b19-17+. The third-order valence-electron chi connectivity index (χ3n) is 4.43. The summed E-state index contributed by atoms with van der Waals surface area (Å²) in [6, 6.07) is 2.15. The van der Waals surface area contributed by atoms with Gasteiger partial charge in [0.2, 0.25) is 0 Å². The molecule has 0 radical (unpaired) electrons. The van der Waals surface area contributed by atoms with Crippen LogP contribution in [0.4, 0.5) is 0 Å². The Hall–Kier alpha value is -1.23. The molecule has 0 aromatic rings. The molecule has 0 aliphatic heterocycles. The van der Waals surface area contributed by atoms with E-state index in [4.69, 9.17) is 4.43 Å². The summed E-state index contributed by atoms with van der Waals surface area (Å²) in [5, 5.41) is 9.32. The zero-order chi connectivity index (χ0) is 17.8. The smallest absolute Gasteiger partial charge is 0.251 e. The minimum atomic E-state index is -1.94. The normalized spacial score (nSPS) is 12.3. The lowest BCUT2D eigenvalue weighted by molar-refractivity contribution is 0.403. The molecule has 0 bridgehead atoms. The van der Waals surface area contributed by atoms with Crippen LogP contribution in [0.1, 0.15) is 72.6 Å². The molecule has 0 saturated carbocycles. The van der Waals surface area contributed by atoms with Crippen molar-refractivity contribution in [2.24, 2.45) is 0 Å². The minimum Gasteiger partial charge on any atom is -0.536 e. The van der Waals surface area contributed by atoms with Crippen LogP contribution >= 0.6 is 0 Å². The lowest BCUT2D eigenvalue weighted by atomic mass is 10.1. The van der Waals surface area contributed by atoms with Crippen molar-refractivity contribution in [1.82, 2.24) is 0 Å². The van der Waals surface area contributed by atoms with Crippen LogP contribution < -0.4 is 0 Å². The van der Waals surface area contributed by atoms with Gasteiger partial charge in [-0.15, -0.1) is 5.73 Å². The van der Waals surface area contributed by atoms with E-state index in [-0.39, 0.29) is 5.04 Å². The van der Waals surface area contributed by atoms with Gasteiger partial charge in [0.25, 0.3) is 8.32 Å². The highest BCUT2D eigenvalue weighted by Crippen LogP contribution is 2.37. The summed E-state index contributed by atoms with van der Waals surface area (Å²) in [5.74, 6) is 0.400. The van der Waals surface area contributed by atoms with Crippen LogP contribution in [-0.4, -0.2) is 8.32 Å². The molecule has 0 amide bonds. The molecular formula is C20H35NOSi. The van der Waals surface area contributed by atoms with Crippen molar-refractivity contribution >= 4 is 8.32 Å². The molecule has 3 heteroatoms. The van der Waals surface area contributed by atoms with E-state index in [2.05, 4.69) is 58.7 Å². The number of hydrogen-bond donors (Lipinski definition) is 0. The Balaban J connectivity index is 4.29. The summed E-state index contributed by atoms with van der Waals surface area (Å²) in [6.45, 7) is 13.1. The van der Waals surface area contributed by atoms with E-state index in [1.807, 2.05) is 0 Å². The largest absolute Gasteiger partial charge is 0.536 e. The molecule has 0 unspecified atom stereocenters. The van der Waals surface area contributed by atoms with E-state index < -0.39 is 8.32 Å². The average molecular weight is 334 g/mol. The number of rotatable bonds is 10. The first kappa shape index (κ1) is 21.8. The topological polar surface area (TPSA) is 33.0 Å². The maximum atomic E-state index is 9.22. The van der Waals surface area contributed by atoms with Gasteiger partial charge in [-0.25, -0.2) is 0 Å². The number of nitrogens with zero attached hydrogens (tertiary/aromatic N) is 1. The van der Waals surface area contributed by atoms with E-state index in [0.717, 1.165) is 6.42 Å². The number of unbranched alkanes of at least 4 members (excludes halogenated alkanes) is 6. The zero-order valence-corrected chi connectivity index (χ0v) is 17.0. The van der Waals surface area contributed by atoms with Crippen molar-refractivity contribution in [1.29, 1.82) is 5.26 Å². The summed E-state index contributed by atoms with van der Waals surface area (Å²) in [5.41, 5.74) is 3.13. The van der Waals surface area contributed by atoms with Gasteiger partial charge in [0.1, 0.15) is 6.07 Å². The van der Waals surface area contributed by atoms with Crippen molar-refractivity contribution < 1.29 is 4.43 Å². The van der Waals surface area contributed by atoms with Gasteiger partial charge < -0.3 is 4.43 Å². The van der Waals surface area contributed by atoms with Crippen molar-refractivity contribution in [3.05, 3.63) is 29.7 Å². The third kappa shape index (κ3) is 10.2. The Kier molecular flexibility index (Phi) is 10.7. The molecule has 0 rings (SSSR count). The molecule has 2 nitrogen and oxygen atoms in total. The van der Waals surface area contributed by atoms with Gasteiger partial charge in [-0.1, -0.05) is 59.8 Å². The highest BCUT2D eigenvalue weighted by Gasteiger charge is 2.39. The van der Waals surface area contributed by atoms with Gasteiger partial charge in [0.05, 0.1) is 0 Å². The van der Waals surface area contributed by atoms with E-state index in [1.165, 1.54) is 38.5 Å². The molecule has 0 aromatic carbocycles. The fourth-order valence-corrected chi connectivity index (χ4v) is 2.79. The second-order valence-electron chi connectivity index (χ2n) is 7.60. The third-order valence-corrected chi connectivity index (χ3v) is 8.77. The van der Waals surface area contributed by atoms with Crippen LogP contribution in [0.25, 0.3) is 0 Å². The first-order valence-electron chi connectivity index (χ1n) is 8.95. The second kappa shape index (κ2) is 11.3. The van der Waals surface area contributed by atoms with Crippen LogP contribution in [0, 0.1) is 11.3 Å². The Morgan fingerprint density at radius 3 is 2.26 bits per heavy atom. The van der Waals surface area contributed by atoms with Crippen molar-refractivity contribution in [2.45, 2.75) is 90.8 Å². The molecule has 0 aliphatic carbocycles. The molecule has 23 heavy (non-hydrogen) atoms. The van der Waals surface area contributed by atoms with Gasteiger partial charge >= 0.3 is 0 Å². The number of nitriles is 1. The monoisotopic (exact) mass is 333 g/mol. The predicted octanol–water partition coefficient (Wildman–Crippen LogP) is 6.88. The summed E-state index contributed by atoms with van der Waals surface area (Å²) in [4.78, 5) is 0.